The van der Waals surface area contributed by atoms with Gasteiger partial charge in [0.1, 0.15) is 0 Å². The highest BCUT2D eigenvalue weighted by molar-refractivity contribution is 8.01. The van der Waals surface area contributed by atoms with Crippen LogP contribution in [0.4, 0.5) is 10.9 Å². The van der Waals surface area contributed by atoms with E-state index in [0.29, 0.717) is 20.1 Å². The Labute approximate surface area is 140 Å². The van der Waals surface area contributed by atoms with Gasteiger partial charge < -0.3 is 15.4 Å². The second-order valence-corrected chi connectivity index (χ2v) is 6.90. The van der Waals surface area contributed by atoms with E-state index in [9.17, 15) is 10.1 Å². The van der Waals surface area contributed by atoms with Gasteiger partial charge in [0.15, 0.2) is 4.34 Å². The minimum atomic E-state index is -0.427. The maximum absolute atomic E-state index is 11.4. The summed E-state index contributed by atoms with van der Waals surface area (Å²) in [4.78, 5) is 15.2. The number of hydrogen-bond donors (Lipinski definition) is 1. The van der Waals surface area contributed by atoms with Crippen molar-refractivity contribution < 1.29 is 4.92 Å². The van der Waals surface area contributed by atoms with Crippen LogP contribution < -0.4 is 5.32 Å². The van der Waals surface area contributed by atoms with E-state index in [4.69, 9.17) is 0 Å². The molecule has 3 aromatic heterocycles. The Morgan fingerprint density at radius 2 is 2.30 bits per heavy atom. The molecule has 23 heavy (non-hydrogen) atoms. The minimum absolute atomic E-state index is 0.0544. The Balaban J connectivity index is 1.84. The fourth-order valence-corrected chi connectivity index (χ4v) is 3.77. The molecule has 0 amide bonds. The molecule has 0 bridgehead atoms. The number of fused-ring (bicyclic) bond motifs is 1. The summed E-state index contributed by atoms with van der Waals surface area (Å²) in [6.07, 6.45) is 3.78. The summed E-state index contributed by atoms with van der Waals surface area (Å²) < 4.78 is 2.08. The summed E-state index contributed by atoms with van der Waals surface area (Å²) in [5.74, 6) is -0.0544. The topological polar surface area (TPSA) is 98.2 Å². The number of anilines is 1. The van der Waals surface area contributed by atoms with Crippen molar-refractivity contribution in [1.82, 2.24) is 19.6 Å². The first kappa shape index (κ1) is 15.7. The van der Waals surface area contributed by atoms with Gasteiger partial charge in [0, 0.05) is 12.6 Å². The first-order chi connectivity index (χ1) is 11.2. The lowest BCUT2D eigenvalue weighted by Crippen LogP contribution is -1.99. The summed E-state index contributed by atoms with van der Waals surface area (Å²) in [5.41, 5.74) is 0.535. The van der Waals surface area contributed by atoms with Crippen LogP contribution in [0.5, 0.6) is 0 Å². The normalized spacial score (nSPS) is 11.0. The van der Waals surface area contributed by atoms with Crippen molar-refractivity contribution in [1.29, 1.82) is 0 Å². The van der Waals surface area contributed by atoms with Gasteiger partial charge in [-0.3, -0.25) is 0 Å². The Morgan fingerprint density at radius 1 is 1.43 bits per heavy atom. The summed E-state index contributed by atoms with van der Waals surface area (Å²) in [6, 6.07) is 5.26. The molecule has 1 N–H and O–H groups in total. The smallest absolute Gasteiger partial charge is 0.360 e. The van der Waals surface area contributed by atoms with Crippen LogP contribution in [-0.4, -0.2) is 31.1 Å². The SMILES string of the molecule is CCCCNc1nnc(Sc2nc3ccccn3c2[N+](=O)[O-])s1. The molecule has 8 nitrogen and oxygen atoms in total. The summed E-state index contributed by atoms with van der Waals surface area (Å²) in [5, 5.41) is 23.7. The molecule has 3 heterocycles. The van der Waals surface area contributed by atoms with Gasteiger partial charge in [0.2, 0.25) is 15.8 Å². The summed E-state index contributed by atoms with van der Waals surface area (Å²) in [6.45, 7) is 2.95. The Hall–Kier alpha value is -2.20. The molecule has 0 spiro atoms. The Bertz CT molecular complexity index is 831. The van der Waals surface area contributed by atoms with Crippen LogP contribution in [0.15, 0.2) is 33.8 Å². The highest BCUT2D eigenvalue weighted by Gasteiger charge is 2.24. The van der Waals surface area contributed by atoms with Crippen LogP contribution in [0.1, 0.15) is 19.8 Å². The lowest BCUT2D eigenvalue weighted by atomic mass is 10.3. The summed E-state index contributed by atoms with van der Waals surface area (Å²) >= 11 is 2.53. The van der Waals surface area contributed by atoms with Crippen molar-refractivity contribution in [2.45, 2.75) is 29.1 Å². The van der Waals surface area contributed by atoms with Gasteiger partial charge in [-0.15, -0.1) is 10.2 Å². The van der Waals surface area contributed by atoms with E-state index in [1.807, 2.05) is 0 Å². The van der Waals surface area contributed by atoms with Crippen LogP contribution in [0.3, 0.4) is 0 Å². The zero-order valence-corrected chi connectivity index (χ0v) is 13.9. The van der Waals surface area contributed by atoms with E-state index in [-0.39, 0.29) is 5.82 Å². The molecule has 0 aromatic carbocycles. The largest absolute Gasteiger partial charge is 0.362 e. The maximum Gasteiger partial charge on any atom is 0.362 e. The van der Waals surface area contributed by atoms with Gasteiger partial charge in [0.05, 0.1) is 6.20 Å². The fraction of sp³-hybridized carbons (Fsp3) is 0.308. The predicted molar refractivity (Wildman–Crippen MR) is 89.3 cm³/mol. The van der Waals surface area contributed by atoms with Gasteiger partial charge in [-0.05, 0) is 29.2 Å². The number of pyridine rings is 1. The molecule has 0 saturated heterocycles. The van der Waals surface area contributed by atoms with E-state index in [1.165, 1.54) is 15.7 Å². The molecule has 0 atom stereocenters. The second-order valence-electron chi connectivity index (χ2n) is 4.68. The highest BCUT2D eigenvalue weighted by Crippen LogP contribution is 2.37. The molecule has 0 saturated carbocycles. The molecule has 0 unspecified atom stereocenters. The average Bonchev–Trinajstić information content (AvgIpc) is 3.11. The molecule has 0 aliphatic heterocycles. The molecule has 0 fully saturated rings. The average molecular weight is 350 g/mol. The number of hydrogen-bond acceptors (Lipinski definition) is 8. The molecule has 3 rings (SSSR count). The van der Waals surface area contributed by atoms with E-state index in [2.05, 4.69) is 27.4 Å². The van der Waals surface area contributed by atoms with Crippen LogP contribution in [0, 0.1) is 10.1 Å². The van der Waals surface area contributed by atoms with E-state index in [1.54, 1.807) is 24.4 Å². The number of nitrogens with one attached hydrogen (secondary N) is 1. The van der Waals surface area contributed by atoms with Crippen molar-refractivity contribution in [3.8, 4) is 0 Å². The van der Waals surface area contributed by atoms with Gasteiger partial charge in [-0.2, -0.15) is 9.38 Å². The number of imidazole rings is 1. The fourth-order valence-electron chi connectivity index (χ4n) is 1.97. The van der Waals surface area contributed by atoms with Crippen LogP contribution in [-0.2, 0) is 0 Å². The minimum Gasteiger partial charge on any atom is -0.360 e. The second kappa shape index (κ2) is 6.92. The van der Waals surface area contributed by atoms with Crippen LogP contribution >= 0.6 is 23.1 Å². The molecule has 0 aliphatic rings. The monoisotopic (exact) mass is 350 g/mol. The molecule has 0 aliphatic carbocycles. The number of rotatable bonds is 7. The van der Waals surface area contributed by atoms with E-state index in [0.717, 1.165) is 31.1 Å². The third-order valence-corrected chi connectivity index (χ3v) is 4.94. The Morgan fingerprint density at radius 3 is 3.09 bits per heavy atom. The van der Waals surface area contributed by atoms with Crippen molar-refractivity contribution >= 4 is 39.7 Å². The summed E-state index contributed by atoms with van der Waals surface area (Å²) in [7, 11) is 0. The zero-order chi connectivity index (χ0) is 16.2. The molecular formula is C13H14N6O2S2. The van der Waals surface area contributed by atoms with Gasteiger partial charge >= 0.3 is 5.82 Å². The van der Waals surface area contributed by atoms with Crippen molar-refractivity contribution in [2.24, 2.45) is 0 Å². The molecule has 3 aromatic rings. The highest BCUT2D eigenvalue weighted by atomic mass is 32.2. The Kier molecular flexibility index (Phi) is 4.72. The number of nitro groups is 1. The van der Waals surface area contributed by atoms with Gasteiger partial charge in [-0.25, -0.2) is 0 Å². The van der Waals surface area contributed by atoms with Crippen molar-refractivity contribution in [2.75, 3.05) is 11.9 Å². The lowest BCUT2D eigenvalue weighted by Gasteiger charge is -1.97. The van der Waals surface area contributed by atoms with Gasteiger partial charge in [-0.1, -0.05) is 30.7 Å². The first-order valence-electron chi connectivity index (χ1n) is 7.05. The van der Waals surface area contributed by atoms with E-state index >= 15 is 0 Å². The third-order valence-electron chi connectivity index (χ3n) is 3.04. The molecule has 10 heteroatoms. The van der Waals surface area contributed by atoms with Crippen molar-refractivity contribution in [3.63, 3.8) is 0 Å². The number of unbranched alkanes of at least 4 members (excludes halogenated alkanes) is 1. The molecule has 120 valence electrons. The molecule has 0 radical (unpaired) electrons. The lowest BCUT2D eigenvalue weighted by molar-refractivity contribution is -0.393. The van der Waals surface area contributed by atoms with Crippen molar-refractivity contribution in [3.05, 3.63) is 34.5 Å². The molecular weight excluding hydrogens is 336 g/mol. The predicted octanol–water partition coefficient (Wildman–Crippen LogP) is 3.46. The maximum atomic E-state index is 11.4. The van der Waals surface area contributed by atoms with E-state index < -0.39 is 4.92 Å². The van der Waals surface area contributed by atoms with Gasteiger partial charge in [0.25, 0.3) is 0 Å². The number of aromatic nitrogens is 4. The first-order valence-corrected chi connectivity index (χ1v) is 8.69. The standard InChI is InChI=1S/C13H14N6O2S2/c1-2-3-7-14-12-16-17-13(23-12)22-10-11(19(20)21)18-8-5-4-6-9(18)15-10/h4-6,8H,2-3,7H2,1H3,(H,14,16). The van der Waals surface area contributed by atoms with Crippen LogP contribution in [0.2, 0.25) is 0 Å². The zero-order valence-electron chi connectivity index (χ0n) is 12.3. The third kappa shape index (κ3) is 3.42. The van der Waals surface area contributed by atoms with Crippen LogP contribution in [0.25, 0.3) is 5.65 Å². The number of nitrogens with zero attached hydrogens (tertiary/aromatic N) is 5. The quantitative estimate of drug-likeness (QED) is 0.396.